The van der Waals surface area contributed by atoms with Gasteiger partial charge in [-0.1, -0.05) is 11.7 Å². The maximum atomic E-state index is 12.5. The highest BCUT2D eigenvalue weighted by Gasteiger charge is 2.32. The summed E-state index contributed by atoms with van der Waals surface area (Å²) in [6, 6.07) is 6.80. The van der Waals surface area contributed by atoms with Crippen molar-refractivity contribution in [3.05, 3.63) is 53.9 Å². The van der Waals surface area contributed by atoms with Gasteiger partial charge in [0.2, 0.25) is 5.91 Å². The molecule has 1 saturated carbocycles. The highest BCUT2D eigenvalue weighted by atomic mass is 16.5. The molecule has 0 bridgehead atoms. The van der Waals surface area contributed by atoms with E-state index in [2.05, 4.69) is 17.1 Å². The highest BCUT2D eigenvalue weighted by Crippen LogP contribution is 2.44. The van der Waals surface area contributed by atoms with Gasteiger partial charge in [-0.25, -0.2) is 0 Å². The maximum Gasteiger partial charge on any atom is 0.255 e. The fourth-order valence-electron chi connectivity index (χ4n) is 2.45. The second-order valence-corrected chi connectivity index (χ2v) is 5.88. The molecule has 1 aromatic carbocycles. The lowest BCUT2D eigenvalue weighted by Gasteiger charge is -2.15. The van der Waals surface area contributed by atoms with Crippen molar-refractivity contribution < 1.29 is 14.1 Å². The van der Waals surface area contributed by atoms with Gasteiger partial charge < -0.3 is 14.7 Å². The number of rotatable bonds is 5. The number of anilines is 2. The molecular formula is C18H19N3O3. The van der Waals surface area contributed by atoms with E-state index in [9.17, 15) is 9.59 Å². The molecule has 1 heterocycles. The van der Waals surface area contributed by atoms with E-state index in [4.69, 9.17) is 4.52 Å². The number of nitrogens with one attached hydrogen (secondary N) is 1. The molecule has 0 aliphatic heterocycles. The van der Waals surface area contributed by atoms with Crippen LogP contribution in [0.4, 0.5) is 11.4 Å². The van der Waals surface area contributed by atoms with Gasteiger partial charge in [-0.15, -0.1) is 0 Å². The molecule has 1 fully saturated rings. The standard InChI is InChI=1S/C18H19N3O3/c1-4-15(22)21(3)14-9-7-13(8-10-14)18(23)19-16-11(2)20-24-17(16)12-5-6-12/h4,7-10,12H,1,5-6H2,2-3H3,(H,19,23). The van der Waals surface area contributed by atoms with Crippen molar-refractivity contribution in [1.82, 2.24) is 5.16 Å². The second-order valence-electron chi connectivity index (χ2n) is 5.88. The molecule has 0 saturated heterocycles. The van der Waals surface area contributed by atoms with Gasteiger partial charge in [-0.2, -0.15) is 0 Å². The third-order valence-corrected chi connectivity index (χ3v) is 4.10. The number of hydrogen-bond donors (Lipinski definition) is 1. The highest BCUT2D eigenvalue weighted by molar-refractivity contribution is 6.05. The van der Waals surface area contributed by atoms with Gasteiger partial charge in [0.15, 0.2) is 5.76 Å². The number of carbonyl (C=O) groups excluding carboxylic acids is 2. The van der Waals surface area contributed by atoms with E-state index in [0.717, 1.165) is 18.6 Å². The Hall–Kier alpha value is -2.89. The van der Waals surface area contributed by atoms with Crippen molar-refractivity contribution in [1.29, 1.82) is 0 Å². The molecule has 0 spiro atoms. The number of aromatic nitrogens is 1. The molecule has 2 amide bonds. The Balaban J connectivity index is 1.75. The molecule has 1 N–H and O–H groups in total. The van der Waals surface area contributed by atoms with Crippen LogP contribution in [0, 0.1) is 6.92 Å². The first-order valence-corrected chi connectivity index (χ1v) is 7.79. The van der Waals surface area contributed by atoms with Crippen LogP contribution >= 0.6 is 0 Å². The molecule has 0 atom stereocenters. The Labute approximate surface area is 140 Å². The van der Waals surface area contributed by atoms with Crippen LogP contribution in [0.15, 0.2) is 41.4 Å². The minimum absolute atomic E-state index is 0.207. The van der Waals surface area contributed by atoms with Crippen molar-refractivity contribution >= 4 is 23.2 Å². The third kappa shape index (κ3) is 3.08. The van der Waals surface area contributed by atoms with E-state index in [1.807, 2.05) is 6.92 Å². The Morgan fingerprint density at radius 2 is 2.00 bits per heavy atom. The summed E-state index contributed by atoms with van der Waals surface area (Å²) >= 11 is 0. The summed E-state index contributed by atoms with van der Waals surface area (Å²) in [4.78, 5) is 25.5. The fourth-order valence-corrected chi connectivity index (χ4v) is 2.45. The zero-order chi connectivity index (χ0) is 17.3. The summed E-state index contributed by atoms with van der Waals surface area (Å²) in [5, 5.41) is 6.83. The number of carbonyl (C=O) groups is 2. The van der Waals surface area contributed by atoms with E-state index in [-0.39, 0.29) is 11.8 Å². The molecule has 1 aromatic heterocycles. The van der Waals surface area contributed by atoms with E-state index in [0.29, 0.717) is 28.6 Å². The van der Waals surface area contributed by atoms with Crippen molar-refractivity contribution in [3.8, 4) is 0 Å². The molecule has 1 aliphatic carbocycles. The maximum absolute atomic E-state index is 12.5. The topological polar surface area (TPSA) is 75.4 Å². The van der Waals surface area contributed by atoms with Crippen LogP contribution in [-0.2, 0) is 4.79 Å². The summed E-state index contributed by atoms with van der Waals surface area (Å²) < 4.78 is 5.33. The van der Waals surface area contributed by atoms with Crippen molar-refractivity contribution in [2.45, 2.75) is 25.7 Å². The van der Waals surface area contributed by atoms with E-state index in [1.165, 1.54) is 11.0 Å². The van der Waals surface area contributed by atoms with Crippen molar-refractivity contribution in [3.63, 3.8) is 0 Å². The molecule has 6 heteroatoms. The predicted molar refractivity (Wildman–Crippen MR) is 91.2 cm³/mol. The monoisotopic (exact) mass is 325 g/mol. The largest absolute Gasteiger partial charge is 0.359 e. The van der Waals surface area contributed by atoms with Crippen LogP contribution in [0.3, 0.4) is 0 Å². The van der Waals surface area contributed by atoms with Gasteiger partial charge in [0.05, 0.1) is 0 Å². The first-order chi connectivity index (χ1) is 11.5. The zero-order valence-corrected chi connectivity index (χ0v) is 13.7. The fraction of sp³-hybridized carbons (Fsp3) is 0.278. The summed E-state index contributed by atoms with van der Waals surface area (Å²) in [7, 11) is 1.65. The van der Waals surface area contributed by atoms with Crippen LogP contribution in [0.5, 0.6) is 0 Å². The number of amides is 2. The number of aryl methyl sites for hydroxylation is 1. The zero-order valence-electron chi connectivity index (χ0n) is 13.7. The van der Waals surface area contributed by atoms with E-state index < -0.39 is 0 Å². The Morgan fingerprint density at radius 3 is 2.58 bits per heavy atom. The number of nitrogens with zero attached hydrogens (tertiary/aromatic N) is 2. The quantitative estimate of drug-likeness (QED) is 0.856. The van der Waals surface area contributed by atoms with Crippen LogP contribution in [0.25, 0.3) is 0 Å². The van der Waals surface area contributed by atoms with Crippen molar-refractivity contribution in [2.24, 2.45) is 0 Å². The molecule has 6 nitrogen and oxygen atoms in total. The predicted octanol–water partition coefficient (Wildman–Crippen LogP) is 3.26. The molecule has 0 radical (unpaired) electrons. The lowest BCUT2D eigenvalue weighted by atomic mass is 10.1. The van der Waals surface area contributed by atoms with Crippen LogP contribution in [0.2, 0.25) is 0 Å². The molecule has 0 unspecified atom stereocenters. The third-order valence-electron chi connectivity index (χ3n) is 4.10. The summed E-state index contributed by atoms with van der Waals surface area (Å²) in [5.74, 6) is 0.685. The van der Waals surface area contributed by atoms with Gasteiger partial charge in [0.25, 0.3) is 5.91 Å². The first-order valence-electron chi connectivity index (χ1n) is 7.79. The molecule has 2 aromatic rings. The number of likely N-dealkylation sites (N-methyl/N-ethyl adjacent to an activating group) is 1. The van der Waals surface area contributed by atoms with Crippen LogP contribution < -0.4 is 10.2 Å². The molecular weight excluding hydrogens is 306 g/mol. The van der Waals surface area contributed by atoms with Gasteiger partial charge >= 0.3 is 0 Å². The Bertz CT molecular complexity index is 788. The van der Waals surface area contributed by atoms with Gasteiger partial charge in [0.1, 0.15) is 11.4 Å². The summed E-state index contributed by atoms with van der Waals surface area (Å²) in [5.41, 5.74) is 2.54. The molecule has 1 aliphatic rings. The lowest BCUT2D eigenvalue weighted by molar-refractivity contribution is -0.113. The van der Waals surface area contributed by atoms with E-state index in [1.54, 1.807) is 31.3 Å². The van der Waals surface area contributed by atoms with Gasteiger partial charge in [0, 0.05) is 24.2 Å². The average molecular weight is 325 g/mol. The van der Waals surface area contributed by atoms with Crippen molar-refractivity contribution in [2.75, 3.05) is 17.3 Å². The minimum atomic E-state index is -0.229. The normalized spacial score (nSPS) is 13.4. The van der Waals surface area contributed by atoms with E-state index >= 15 is 0 Å². The molecule has 124 valence electrons. The van der Waals surface area contributed by atoms with Crippen LogP contribution in [0.1, 0.15) is 40.6 Å². The Morgan fingerprint density at radius 1 is 1.33 bits per heavy atom. The lowest BCUT2D eigenvalue weighted by Crippen LogP contribution is -2.23. The minimum Gasteiger partial charge on any atom is -0.359 e. The Kier molecular flexibility index (Phi) is 4.20. The summed E-state index contributed by atoms with van der Waals surface area (Å²) in [6.45, 7) is 5.27. The van der Waals surface area contributed by atoms with Gasteiger partial charge in [-0.3, -0.25) is 9.59 Å². The summed E-state index contributed by atoms with van der Waals surface area (Å²) in [6.07, 6.45) is 3.38. The number of hydrogen-bond acceptors (Lipinski definition) is 4. The van der Waals surface area contributed by atoms with Gasteiger partial charge in [-0.05, 0) is 50.1 Å². The SMILES string of the molecule is C=CC(=O)N(C)c1ccc(C(=O)Nc2c(C)noc2C2CC2)cc1. The molecule has 3 rings (SSSR count). The first kappa shape index (κ1) is 16.0. The average Bonchev–Trinajstić information content (AvgIpc) is 3.38. The smallest absolute Gasteiger partial charge is 0.255 e. The molecule has 24 heavy (non-hydrogen) atoms. The van der Waals surface area contributed by atoms with Crippen LogP contribution in [-0.4, -0.2) is 24.0 Å². The number of benzene rings is 1. The second kappa shape index (κ2) is 6.31.